The Balaban J connectivity index is 2.50. The minimum Gasteiger partial charge on any atom is -0.464 e. The van der Waals surface area contributed by atoms with Gasteiger partial charge in [0.2, 0.25) is 0 Å². The largest absolute Gasteiger partial charge is 0.464 e. The van der Waals surface area contributed by atoms with Crippen LogP contribution in [0.4, 0.5) is 13.2 Å². The first-order chi connectivity index (χ1) is 6.92. The maximum atomic E-state index is 11.9. The van der Waals surface area contributed by atoms with Crippen LogP contribution in [0, 0.1) is 0 Å². The summed E-state index contributed by atoms with van der Waals surface area (Å²) in [4.78, 5) is 0. The van der Waals surface area contributed by atoms with Gasteiger partial charge in [-0.25, -0.2) is 0 Å². The van der Waals surface area contributed by atoms with Crippen molar-refractivity contribution in [2.24, 2.45) is 5.73 Å². The van der Waals surface area contributed by atoms with Crippen molar-refractivity contribution in [3.05, 3.63) is 23.7 Å². The van der Waals surface area contributed by atoms with Gasteiger partial charge in [0, 0.05) is 12.8 Å². The SMILES string of the molecule is CCc1ccc(C(N)CCC(F)(F)F)o1. The van der Waals surface area contributed by atoms with E-state index in [-0.39, 0.29) is 6.42 Å². The highest BCUT2D eigenvalue weighted by molar-refractivity contribution is 5.10. The van der Waals surface area contributed by atoms with Gasteiger partial charge in [-0.2, -0.15) is 13.2 Å². The summed E-state index contributed by atoms with van der Waals surface area (Å²) in [6.45, 7) is 1.91. The highest BCUT2D eigenvalue weighted by Crippen LogP contribution is 2.27. The Hall–Kier alpha value is -0.970. The minimum absolute atomic E-state index is 0.139. The monoisotopic (exact) mass is 221 g/mol. The molecule has 1 unspecified atom stereocenters. The summed E-state index contributed by atoms with van der Waals surface area (Å²) in [5.41, 5.74) is 5.58. The molecular weight excluding hydrogens is 207 g/mol. The summed E-state index contributed by atoms with van der Waals surface area (Å²) in [7, 11) is 0. The molecule has 0 bridgehead atoms. The summed E-state index contributed by atoms with van der Waals surface area (Å²) in [6, 6.07) is 2.70. The van der Waals surface area contributed by atoms with Crippen molar-refractivity contribution in [3.63, 3.8) is 0 Å². The molecule has 15 heavy (non-hydrogen) atoms. The number of rotatable bonds is 4. The summed E-state index contributed by atoms with van der Waals surface area (Å²) in [5, 5.41) is 0. The van der Waals surface area contributed by atoms with Crippen molar-refractivity contribution in [1.82, 2.24) is 0 Å². The summed E-state index contributed by atoms with van der Waals surface area (Å²) in [6.07, 6.45) is -4.46. The van der Waals surface area contributed by atoms with Crippen LogP contribution in [0.2, 0.25) is 0 Å². The van der Waals surface area contributed by atoms with Crippen LogP contribution in [-0.2, 0) is 6.42 Å². The van der Waals surface area contributed by atoms with Crippen LogP contribution in [0.5, 0.6) is 0 Å². The first-order valence-electron chi connectivity index (χ1n) is 4.83. The van der Waals surface area contributed by atoms with Crippen LogP contribution in [0.25, 0.3) is 0 Å². The molecule has 0 aliphatic heterocycles. The third-order valence-corrected chi connectivity index (χ3v) is 2.14. The lowest BCUT2D eigenvalue weighted by molar-refractivity contribution is -0.136. The van der Waals surface area contributed by atoms with E-state index in [1.165, 1.54) is 0 Å². The number of nitrogens with two attached hydrogens (primary N) is 1. The minimum atomic E-state index is -4.15. The predicted octanol–water partition coefficient (Wildman–Crippen LogP) is 3.18. The van der Waals surface area contributed by atoms with Crippen molar-refractivity contribution in [3.8, 4) is 0 Å². The van der Waals surface area contributed by atoms with Crippen LogP contribution in [-0.4, -0.2) is 6.18 Å². The molecule has 1 atom stereocenters. The van der Waals surface area contributed by atoms with Crippen molar-refractivity contribution < 1.29 is 17.6 Å². The molecule has 0 saturated carbocycles. The Morgan fingerprint density at radius 2 is 2.07 bits per heavy atom. The molecular formula is C10H14F3NO. The molecule has 0 spiro atoms. The molecule has 1 rings (SSSR count). The molecule has 0 aliphatic rings. The average Bonchev–Trinajstić information content (AvgIpc) is 2.61. The lowest BCUT2D eigenvalue weighted by Crippen LogP contribution is -2.15. The number of furan rings is 1. The molecule has 1 aromatic heterocycles. The van der Waals surface area contributed by atoms with Crippen LogP contribution < -0.4 is 5.73 Å². The van der Waals surface area contributed by atoms with Gasteiger partial charge >= 0.3 is 6.18 Å². The topological polar surface area (TPSA) is 39.2 Å². The normalized spacial score (nSPS) is 14.2. The van der Waals surface area contributed by atoms with Gasteiger partial charge in [-0.05, 0) is 18.6 Å². The predicted molar refractivity (Wildman–Crippen MR) is 50.3 cm³/mol. The van der Waals surface area contributed by atoms with Crippen molar-refractivity contribution in [2.45, 2.75) is 38.4 Å². The van der Waals surface area contributed by atoms with Gasteiger partial charge in [-0.1, -0.05) is 6.92 Å². The quantitative estimate of drug-likeness (QED) is 0.848. The number of aryl methyl sites for hydroxylation is 1. The summed E-state index contributed by atoms with van der Waals surface area (Å²) in [5.74, 6) is 1.17. The van der Waals surface area contributed by atoms with Gasteiger partial charge in [-0.15, -0.1) is 0 Å². The summed E-state index contributed by atoms with van der Waals surface area (Å²) < 4.78 is 41.0. The average molecular weight is 221 g/mol. The molecule has 0 fully saturated rings. The third kappa shape index (κ3) is 3.95. The van der Waals surface area contributed by atoms with Crippen molar-refractivity contribution in [1.29, 1.82) is 0 Å². The molecule has 0 aliphatic carbocycles. The van der Waals surface area contributed by atoms with Gasteiger partial charge in [0.15, 0.2) is 0 Å². The van der Waals surface area contributed by atoms with E-state index in [1.807, 2.05) is 6.92 Å². The van der Waals surface area contributed by atoms with E-state index in [4.69, 9.17) is 10.2 Å². The fraction of sp³-hybridized carbons (Fsp3) is 0.600. The Kier molecular flexibility index (Phi) is 3.79. The number of alkyl halides is 3. The number of halogens is 3. The van der Waals surface area contributed by atoms with Crippen molar-refractivity contribution in [2.75, 3.05) is 0 Å². The molecule has 2 N–H and O–H groups in total. The maximum Gasteiger partial charge on any atom is 0.389 e. The Bertz CT molecular complexity index is 306. The zero-order valence-corrected chi connectivity index (χ0v) is 8.47. The molecule has 1 aromatic rings. The zero-order valence-electron chi connectivity index (χ0n) is 8.47. The van der Waals surface area contributed by atoms with Gasteiger partial charge < -0.3 is 10.2 Å². The Morgan fingerprint density at radius 3 is 2.53 bits per heavy atom. The van der Waals surface area contributed by atoms with Crippen molar-refractivity contribution >= 4 is 0 Å². The van der Waals surface area contributed by atoms with Gasteiger partial charge in [0.1, 0.15) is 11.5 Å². The Morgan fingerprint density at radius 1 is 1.40 bits per heavy atom. The van der Waals surface area contributed by atoms with E-state index < -0.39 is 18.6 Å². The van der Waals surface area contributed by atoms with E-state index in [0.717, 1.165) is 5.76 Å². The first kappa shape index (κ1) is 12.1. The smallest absolute Gasteiger partial charge is 0.389 e. The standard InChI is InChI=1S/C10H14F3NO/c1-2-7-3-4-9(15-7)8(14)5-6-10(11,12)13/h3-4,8H,2,5-6,14H2,1H3. The van der Waals surface area contributed by atoms with Crippen LogP contribution >= 0.6 is 0 Å². The molecule has 2 nitrogen and oxygen atoms in total. The number of hydrogen-bond donors (Lipinski definition) is 1. The van der Waals surface area contributed by atoms with Gasteiger partial charge in [0.25, 0.3) is 0 Å². The van der Waals surface area contributed by atoms with E-state index >= 15 is 0 Å². The zero-order chi connectivity index (χ0) is 11.5. The third-order valence-electron chi connectivity index (χ3n) is 2.14. The fourth-order valence-electron chi connectivity index (χ4n) is 1.25. The molecule has 1 heterocycles. The Labute approximate surface area is 86.3 Å². The van der Waals surface area contributed by atoms with E-state index in [2.05, 4.69) is 0 Å². The first-order valence-corrected chi connectivity index (χ1v) is 4.83. The highest BCUT2D eigenvalue weighted by Gasteiger charge is 2.28. The fourth-order valence-corrected chi connectivity index (χ4v) is 1.25. The van der Waals surface area contributed by atoms with Crippen LogP contribution in [0.3, 0.4) is 0 Å². The molecule has 86 valence electrons. The van der Waals surface area contributed by atoms with E-state index in [9.17, 15) is 13.2 Å². The van der Waals surface area contributed by atoms with Crippen LogP contribution in [0.1, 0.15) is 37.3 Å². The van der Waals surface area contributed by atoms with E-state index in [1.54, 1.807) is 12.1 Å². The van der Waals surface area contributed by atoms with Gasteiger partial charge in [-0.3, -0.25) is 0 Å². The lowest BCUT2D eigenvalue weighted by atomic mass is 10.1. The lowest BCUT2D eigenvalue weighted by Gasteiger charge is -2.10. The number of hydrogen-bond acceptors (Lipinski definition) is 2. The van der Waals surface area contributed by atoms with E-state index in [0.29, 0.717) is 12.2 Å². The summed E-state index contributed by atoms with van der Waals surface area (Å²) >= 11 is 0. The van der Waals surface area contributed by atoms with Gasteiger partial charge in [0.05, 0.1) is 6.04 Å². The molecule has 0 aromatic carbocycles. The second-order valence-electron chi connectivity index (χ2n) is 3.42. The molecule has 5 heteroatoms. The second-order valence-corrected chi connectivity index (χ2v) is 3.42. The highest BCUT2D eigenvalue weighted by atomic mass is 19.4. The maximum absolute atomic E-state index is 11.9. The molecule has 0 saturated heterocycles. The molecule has 0 radical (unpaired) electrons. The second kappa shape index (κ2) is 4.70. The van der Waals surface area contributed by atoms with Crippen LogP contribution in [0.15, 0.2) is 16.5 Å². The molecule has 0 amide bonds.